The number of phenols is 1. The fraction of sp³-hybridized carbons (Fsp3) is 0.400. The number of phenolic OH excluding ortho intramolecular Hbond substituents is 1. The van der Waals surface area contributed by atoms with Crippen molar-refractivity contribution in [3.63, 3.8) is 0 Å². The summed E-state index contributed by atoms with van der Waals surface area (Å²) < 4.78 is 0. The van der Waals surface area contributed by atoms with Crippen LogP contribution in [0, 0.1) is 6.92 Å². The smallest absolute Gasteiger partial charge is 0.115 e. The minimum absolute atomic E-state index is 0.0657. The number of aryl methyl sites for hydroxylation is 1. The first-order valence-corrected chi connectivity index (χ1v) is 4.31. The molecule has 0 spiro atoms. The molecular formula is C10H15NO2. The van der Waals surface area contributed by atoms with Crippen LogP contribution >= 0.6 is 0 Å². The van der Waals surface area contributed by atoms with Crippen molar-refractivity contribution in [3.8, 4) is 5.75 Å². The Balaban J connectivity index is 2.91. The summed E-state index contributed by atoms with van der Waals surface area (Å²) in [5, 5.41) is 18.0. The van der Waals surface area contributed by atoms with Crippen LogP contribution in [0.1, 0.15) is 23.6 Å². The molecule has 0 aromatic heterocycles. The van der Waals surface area contributed by atoms with E-state index in [4.69, 9.17) is 10.8 Å². The average Bonchev–Trinajstić information content (AvgIpc) is 2.09. The first kappa shape index (κ1) is 10.0. The summed E-state index contributed by atoms with van der Waals surface area (Å²) in [6, 6.07) is 4.90. The Morgan fingerprint density at radius 1 is 1.46 bits per heavy atom. The van der Waals surface area contributed by atoms with Crippen molar-refractivity contribution in [3.05, 3.63) is 29.3 Å². The number of hydrogen-bond acceptors (Lipinski definition) is 3. The second-order valence-electron chi connectivity index (χ2n) is 3.16. The fourth-order valence-electron chi connectivity index (χ4n) is 1.32. The van der Waals surface area contributed by atoms with E-state index in [-0.39, 0.29) is 18.4 Å². The van der Waals surface area contributed by atoms with Gasteiger partial charge in [-0.05, 0) is 36.6 Å². The first-order chi connectivity index (χ1) is 6.15. The molecular weight excluding hydrogens is 166 g/mol. The van der Waals surface area contributed by atoms with E-state index >= 15 is 0 Å². The third-order valence-electron chi connectivity index (χ3n) is 2.10. The van der Waals surface area contributed by atoms with E-state index in [1.165, 1.54) is 0 Å². The van der Waals surface area contributed by atoms with Gasteiger partial charge in [-0.25, -0.2) is 0 Å². The van der Waals surface area contributed by atoms with E-state index < -0.39 is 0 Å². The van der Waals surface area contributed by atoms with Gasteiger partial charge < -0.3 is 15.9 Å². The molecule has 72 valence electrons. The van der Waals surface area contributed by atoms with Gasteiger partial charge in [-0.15, -0.1) is 0 Å². The van der Waals surface area contributed by atoms with Gasteiger partial charge in [-0.2, -0.15) is 0 Å². The van der Waals surface area contributed by atoms with Crippen molar-refractivity contribution in [2.24, 2.45) is 5.73 Å². The van der Waals surface area contributed by atoms with Gasteiger partial charge in [0.05, 0.1) is 0 Å². The molecule has 1 atom stereocenters. The van der Waals surface area contributed by atoms with Crippen LogP contribution < -0.4 is 5.73 Å². The van der Waals surface area contributed by atoms with Crippen molar-refractivity contribution < 1.29 is 10.2 Å². The van der Waals surface area contributed by atoms with Crippen LogP contribution in [0.4, 0.5) is 0 Å². The number of benzene rings is 1. The summed E-state index contributed by atoms with van der Waals surface area (Å²) in [7, 11) is 0. The summed E-state index contributed by atoms with van der Waals surface area (Å²) in [5.41, 5.74) is 7.74. The van der Waals surface area contributed by atoms with E-state index in [2.05, 4.69) is 0 Å². The van der Waals surface area contributed by atoms with Gasteiger partial charge in [-0.1, -0.05) is 6.07 Å². The van der Waals surface area contributed by atoms with Crippen LogP contribution in [-0.4, -0.2) is 16.8 Å². The molecule has 3 heteroatoms. The molecule has 0 aliphatic rings. The van der Waals surface area contributed by atoms with Gasteiger partial charge in [0, 0.05) is 12.6 Å². The minimum atomic E-state index is -0.197. The third-order valence-corrected chi connectivity index (χ3v) is 2.10. The lowest BCUT2D eigenvalue weighted by Gasteiger charge is -2.13. The van der Waals surface area contributed by atoms with Crippen molar-refractivity contribution in [1.82, 2.24) is 0 Å². The molecule has 13 heavy (non-hydrogen) atoms. The number of hydrogen-bond donors (Lipinski definition) is 3. The molecule has 4 N–H and O–H groups in total. The van der Waals surface area contributed by atoms with E-state index in [9.17, 15) is 5.11 Å². The number of aliphatic hydroxyl groups excluding tert-OH is 1. The van der Waals surface area contributed by atoms with Gasteiger partial charge in [-0.3, -0.25) is 0 Å². The lowest BCUT2D eigenvalue weighted by atomic mass is 9.99. The molecule has 0 fully saturated rings. The van der Waals surface area contributed by atoms with Gasteiger partial charge >= 0.3 is 0 Å². The Kier molecular flexibility index (Phi) is 3.28. The molecule has 0 saturated heterocycles. The summed E-state index contributed by atoms with van der Waals surface area (Å²) in [4.78, 5) is 0. The monoisotopic (exact) mass is 181 g/mol. The van der Waals surface area contributed by atoms with Crippen LogP contribution in [-0.2, 0) is 0 Å². The van der Waals surface area contributed by atoms with Crippen molar-refractivity contribution in [2.75, 3.05) is 6.61 Å². The Hall–Kier alpha value is -1.06. The zero-order valence-electron chi connectivity index (χ0n) is 7.70. The van der Waals surface area contributed by atoms with Crippen LogP contribution in [0.3, 0.4) is 0 Å². The second-order valence-corrected chi connectivity index (χ2v) is 3.16. The molecule has 0 saturated carbocycles. The highest BCUT2D eigenvalue weighted by atomic mass is 16.3. The van der Waals surface area contributed by atoms with Crippen LogP contribution in [0.25, 0.3) is 0 Å². The SMILES string of the molecule is Cc1ccc(O)cc1[C@@H](N)CCO. The van der Waals surface area contributed by atoms with E-state index in [0.29, 0.717) is 6.42 Å². The Bertz CT molecular complexity index is 286. The molecule has 0 radical (unpaired) electrons. The maximum absolute atomic E-state index is 9.24. The van der Waals surface area contributed by atoms with Crippen LogP contribution in [0.2, 0.25) is 0 Å². The molecule has 1 aromatic rings. The summed E-state index contributed by atoms with van der Waals surface area (Å²) >= 11 is 0. The highest BCUT2D eigenvalue weighted by Gasteiger charge is 2.08. The molecule has 0 aliphatic heterocycles. The van der Waals surface area contributed by atoms with Crippen LogP contribution in [0.5, 0.6) is 5.75 Å². The third kappa shape index (κ3) is 2.44. The van der Waals surface area contributed by atoms with Gasteiger partial charge in [0.25, 0.3) is 0 Å². The quantitative estimate of drug-likeness (QED) is 0.653. The predicted molar refractivity (Wildman–Crippen MR) is 51.5 cm³/mol. The largest absolute Gasteiger partial charge is 0.508 e. The zero-order chi connectivity index (χ0) is 9.84. The number of rotatable bonds is 3. The van der Waals surface area contributed by atoms with E-state index in [1.807, 2.05) is 13.0 Å². The normalized spacial score (nSPS) is 12.8. The maximum Gasteiger partial charge on any atom is 0.115 e. The molecule has 0 unspecified atom stereocenters. The zero-order valence-corrected chi connectivity index (χ0v) is 7.70. The lowest BCUT2D eigenvalue weighted by Crippen LogP contribution is -2.13. The van der Waals surface area contributed by atoms with Crippen molar-refractivity contribution in [2.45, 2.75) is 19.4 Å². The Morgan fingerprint density at radius 3 is 2.77 bits per heavy atom. The number of nitrogens with two attached hydrogens (primary N) is 1. The van der Waals surface area contributed by atoms with Gasteiger partial charge in [0.15, 0.2) is 0 Å². The summed E-state index contributed by atoms with van der Waals surface area (Å²) in [5.74, 6) is 0.217. The molecule has 1 rings (SSSR count). The predicted octanol–water partition coefficient (Wildman–Crippen LogP) is 1.08. The van der Waals surface area contributed by atoms with Gasteiger partial charge in [0.1, 0.15) is 5.75 Å². The molecule has 0 heterocycles. The van der Waals surface area contributed by atoms with E-state index in [0.717, 1.165) is 11.1 Å². The maximum atomic E-state index is 9.24. The second kappa shape index (κ2) is 4.25. The number of aromatic hydroxyl groups is 1. The summed E-state index contributed by atoms with van der Waals surface area (Å²) in [6.45, 7) is 2.00. The standard InChI is InChI=1S/C10H15NO2/c1-7-2-3-8(13)6-9(7)10(11)4-5-12/h2-3,6,10,12-13H,4-5,11H2,1H3/t10-/m0/s1. The first-order valence-electron chi connectivity index (χ1n) is 4.31. The highest BCUT2D eigenvalue weighted by molar-refractivity contribution is 5.35. The van der Waals surface area contributed by atoms with Crippen molar-refractivity contribution >= 4 is 0 Å². The van der Waals surface area contributed by atoms with Crippen molar-refractivity contribution in [1.29, 1.82) is 0 Å². The Labute approximate surface area is 77.8 Å². The molecule has 1 aromatic carbocycles. The highest BCUT2D eigenvalue weighted by Crippen LogP contribution is 2.22. The lowest BCUT2D eigenvalue weighted by molar-refractivity contribution is 0.276. The topological polar surface area (TPSA) is 66.5 Å². The summed E-state index contributed by atoms with van der Waals surface area (Å²) in [6.07, 6.45) is 0.518. The minimum Gasteiger partial charge on any atom is -0.508 e. The Morgan fingerprint density at radius 2 is 2.15 bits per heavy atom. The molecule has 0 bridgehead atoms. The van der Waals surface area contributed by atoms with Gasteiger partial charge in [0.2, 0.25) is 0 Å². The fourth-order valence-corrected chi connectivity index (χ4v) is 1.32. The number of aliphatic hydroxyl groups is 1. The van der Waals surface area contributed by atoms with E-state index in [1.54, 1.807) is 12.1 Å². The molecule has 0 amide bonds. The van der Waals surface area contributed by atoms with Crippen LogP contribution in [0.15, 0.2) is 18.2 Å². The average molecular weight is 181 g/mol. The molecule has 0 aliphatic carbocycles. The molecule has 3 nitrogen and oxygen atoms in total.